The summed E-state index contributed by atoms with van der Waals surface area (Å²) in [4.78, 5) is 4.25. The van der Waals surface area contributed by atoms with E-state index < -0.39 is 11.0 Å². The topological polar surface area (TPSA) is 51.2 Å². The van der Waals surface area contributed by atoms with Crippen molar-refractivity contribution in [2.45, 2.75) is 58.4 Å². The van der Waals surface area contributed by atoms with E-state index in [1.54, 1.807) is 6.20 Å². The smallest absolute Gasteiger partial charge is 0.213 e. The summed E-state index contributed by atoms with van der Waals surface area (Å²) >= 11 is 0. The molecule has 1 aromatic heterocycles. The standard InChI is InChI=1S/C14H24N2O2S/c1-10(2)18-13-8-7-12(9-15-13)11(3)16-19(17)14(4,5)6/h7-11,16H,1-6H3/t11-,19-/m0/s1. The lowest BCUT2D eigenvalue weighted by molar-refractivity contribution is 0.232. The Bertz CT molecular complexity index is 424. The minimum atomic E-state index is -1.09. The van der Waals surface area contributed by atoms with Crippen LogP contribution in [0.15, 0.2) is 18.3 Å². The maximum atomic E-state index is 12.0. The molecule has 19 heavy (non-hydrogen) atoms. The summed E-state index contributed by atoms with van der Waals surface area (Å²) in [5.41, 5.74) is 0.994. The van der Waals surface area contributed by atoms with Crippen LogP contribution in [0, 0.1) is 0 Å². The van der Waals surface area contributed by atoms with E-state index in [0.717, 1.165) is 5.56 Å². The van der Waals surface area contributed by atoms with Crippen LogP contribution in [0.2, 0.25) is 0 Å². The Morgan fingerprint density at radius 3 is 2.32 bits per heavy atom. The Labute approximate surface area is 118 Å². The maximum absolute atomic E-state index is 12.0. The average molecular weight is 284 g/mol. The molecule has 0 radical (unpaired) electrons. The summed E-state index contributed by atoms with van der Waals surface area (Å²) < 4.78 is 20.3. The first kappa shape index (κ1) is 16.1. The number of ether oxygens (including phenoxy) is 1. The molecule has 0 saturated heterocycles. The number of hydrogen-bond donors (Lipinski definition) is 1. The highest BCUT2D eigenvalue weighted by atomic mass is 32.2. The second-order valence-corrected chi connectivity index (χ2v) is 7.81. The summed E-state index contributed by atoms with van der Waals surface area (Å²) in [7, 11) is -1.09. The highest BCUT2D eigenvalue weighted by Crippen LogP contribution is 2.18. The Balaban J connectivity index is 2.68. The molecular formula is C14H24N2O2S. The third kappa shape index (κ3) is 5.28. The number of aromatic nitrogens is 1. The molecule has 1 heterocycles. The van der Waals surface area contributed by atoms with E-state index in [1.165, 1.54) is 0 Å². The van der Waals surface area contributed by atoms with Gasteiger partial charge in [0.15, 0.2) is 0 Å². The number of rotatable bonds is 5. The van der Waals surface area contributed by atoms with Gasteiger partial charge in [-0.1, -0.05) is 6.07 Å². The summed E-state index contributed by atoms with van der Waals surface area (Å²) in [6.45, 7) is 11.7. The van der Waals surface area contributed by atoms with Gasteiger partial charge in [-0.2, -0.15) is 0 Å². The minimum absolute atomic E-state index is 0.0133. The average Bonchev–Trinajstić information content (AvgIpc) is 2.27. The Morgan fingerprint density at radius 1 is 1.26 bits per heavy atom. The van der Waals surface area contributed by atoms with E-state index in [0.29, 0.717) is 5.88 Å². The highest BCUT2D eigenvalue weighted by Gasteiger charge is 2.21. The van der Waals surface area contributed by atoms with E-state index in [4.69, 9.17) is 4.74 Å². The van der Waals surface area contributed by atoms with Gasteiger partial charge in [-0.15, -0.1) is 0 Å². The van der Waals surface area contributed by atoms with Crippen LogP contribution in [0.5, 0.6) is 5.88 Å². The molecule has 2 atom stereocenters. The number of pyridine rings is 1. The van der Waals surface area contributed by atoms with E-state index >= 15 is 0 Å². The second-order valence-electron chi connectivity index (χ2n) is 5.82. The van der Waals surface area contributed by atoms with Crippen molar-refractivity contribution in [2.75, 3.05) is 0 Å². The fourth-order valence-electron chi connectivity index (χ4n) is 1.36. The van der Waals surface area contributed by atoms with Gasteiger partial charge in [-0.05, 0) is 47.1 Å². The van der Waals surface area contributed by atoms with Gasteiger partial charge in [0.1, 0.15) is 0 Å². The van der Waals surface area contributed by atoms with Crippen molar-refractivity contribution in [1.29, 1.82) is 0 Å². The van der Waals surface area contributed by atoms with Gasteiger partial charge in [0, 0.05) is 18.3 Å². The third-order valence-electron chi connectivity index (χ3n) is 2.46. The zero-order chi connectivity index (χ0) is 14.6. The first-order valence-electron chi connectivity index (χ1n) is 6.51. The fraction of sp³-hybridized carbons (Fsp3) is 0.643. The largest absolute Gasteiger partial charge is 0.475 e. The lowest BCUT2D eigenvalue weighted by Crippen LogP contribution is -2.34. The highest BCUT2D eigenvalue weighted by molar-refractivity contribution is 7.84. The van der Waals surface area contributed by atoms with Crippen LogP contribution >= 0.6 is 0 Å². The fourth-order valence-corrected chi connectivity index (χ4v) is 2.18. The van der Waals surface area contributed by atoms with Crippen molar-refractivity contribution in [3.05, 3.63) is 23.9 Å². The van der Waals surface area contributed by atoms with Crippen molar-refractivity contribution in [3.8, 4) is 5.88 Å². The van der Waals surface area contributed by atoms with E-state index in [1.807, 2.05) is 53.7 Å². The van der Waals surface area contributed by atoms with Crippen LogP contribution in [0.1, 0.15) is 53.1 Å². The van der Waals surface area contributed by atoms with Crippen LogP contribution in [0.3, 0.4) is 0 Å². The molecule has 1 N–H and O–H groups in total. The molecular weight excluding hydrogens is 260 g/mol. The normalized spacial score (nSPS) is 15.3. The van der Waals surface area contributed by atoms with Gasteiger partial charge in [0.05, 0.1) is 21.8 Å². The van der Waals surface area contributed by atoms with Crippen molar-refractivity contribution >= 4 is 11.0 Å². The van der Waals surface area contributed by atoms with Gasteiger partial charge >= 0.3 is 0 Å². The first-order chi connectivity index (χ1) is 8.70. The molecule has 0 bridgehead atoms. The number of nitrogens with one attached hydrogen (secondary N) is 1. The van der Waals surface area contributed by atoms with Gasteiger partial charge in [-0.25, -0.2) is 13.9 Å². The van der Waals surface area contributed by atoms with E-state index in [9.17, 15) is 4.21 Å². The van der Waals surface area contributed by atoms with Gasteiger partial charge < -0.3 is 4.74 Å². The molecule has 0 aromatic carbocycles. The zero-order valence-electron chi connectivity index (χ0n) is 12.6. The Hall–Kier alpha value is -0.940. The number of hydrogen-bond acceptors (Lipinski definition) is 3. The number of nitrogens with zero attached hydrogens (tertiary/aromatic N) is 1. The van der Waals surface area contributed by atoms with Crippen LogP contribution in [0.4, 0.5) is 0 Å². The predicted octanol–water partition coefficient (Wildman–Crippen LogP) is 2.98. The van der Waals surface area contributed by atoms with Crippen molar-refractivity contribution in [1.82, 2.24) is 9.71 Å². The lowest BCUT2D eigenvalue weighted by Gasteiger charge is -2.22. The molecule has 0 fully saturated rings. The molecule has 0 aliphatic carbocycles. The molecule has 1 rings (SSSR count). The van der Waals surface area contributed by atoms with Crippen molar-refractivity contribution in [2.24, 2.45) is 0 Å². The van der Waals surface area contributed by atoms with E-state index in [2.05, 4.69) is 9.71 Å². The molecule has 1 aromatic rings. The quantitative estimate of drug-likeness (QED) is 0.904. The molecule has 0 saturated carbocycles. The molecule has 0 spiro atoms. The van der Waals surface area contributed by atoms with Crippen LogP contribution in [-0.2, 0) is 11.0 Å². The van der Waals surface area contributed by atoms with Crippen LogP contribution in [0.25, 0.3) is 0 Å². The molecule has 108 valence electrons. The maximum Gasteiger partial charge on any atom is 0.213 e. The zero-order valence-corrected chi connectivity index (χ0v) is 13.4. The molecule has 0 unspecified atom stereocenters. The van der Waals surface area contributed by atoms with Gasteiger partial charge in [0.2, 0.25) is 5.88 Å². The lowest BCUT2D eigenvalue weighted by atomic mass is 10.2. The Kier molecular flexibility index (Phi) is 5.50. The van der Waals surface area contributed by atoms with Crippen molar-refractivity contribution in [3.63, 3.8) is 0 Å². The minimum Gasteiger partial charge on any atom is -0.475 e. The predicted molar refractivity (Wildman–Crippen MR) is 79.4 cm³/mol. The SMILES string of the molecule is CC(C)Oc1ccc([C@H](C)N[S@@](=O)C(C)(C)C)cn1. The monoisotopic (exact) mass is 284 g/mol. The second kappa shape index (κ2) is 6.48. The van der Waals surface area contributed by atoms with Gasteiger partial charge in [0.25, 0.3) is 0 Å². The molecule has 0 amide bonds. The first-order valence-corrected chi connectivity index (χ1v) is 7.66. The summed E-state index contributed by atoms with van der Waals surface area (Å²) in [6, 6.07) is 3.77. The van der Waals surface area contributed by atoms with Crippen LogP contribution in [-0.4, -0.2) is 20.0 Å². The van der Waals surface area contributed by atoms with E-state index in [-0.39, 0.29) is 16.9 Å². The van der Waals surface area contributed by atoms with Crippen molar-refractivity contribution < 1.29 is 8.95 Å². The molecule has 5 heteroatoms. The molecule has 0 aliphatic heterocycles. The van der Waals surface area contributed by atoms with Crippen LogP contribution < -0.4 is 9.46 Å². The molecule has 4 nitrogen and oxygen atoms in total. The molecule has 0 aliphatic rings. The Morgan fingerprint density at radius 2 is 1.89 bits per heavy atom. The third-order valence-corrected chi connectivity index (χ3v) is 4.14. The van der Waals surface area contributed by atoms with Gasteiger partial charge in [-0.3, -0.25) is 0 Å². The summed E-state index contributed by atoms with van der Waals surface area (Å²) in [5, 5.41) is 0. The summed E-state index contributed by atoms with van der Waals surface area (Å²) in [6.07, 6.45) is 1.87. The summed E-state index contributed by atoms with van der Waals surface area (Å²) in [5.74, 6) is 0.614.